The van der Waals surface area contributed by atoms with Crippen LogP contribution in [0.5, 0.6) is 0 Å². The molecule has 29 heavy (non-hydrogen) atoms. The van der Waals surface area contributed by atoms with E-state index in [1.807, 2.05) is 50.2 Å². The number of amides is 1. The second kappa shape index (κ2) is 7.37. The maximum absolute atomic E-state index is 13.1. The summed E-state index contributed by atoms with van der Waals surface area (Å²) in [6.45, 7) is 3.86. The van der Waals surface area contributed by atoms with Crippen LogP contribution in [0.1, 0.15) is 28.4 Å². The van der Waals surface area contributed by atoms with Crippen molar-refractivity contribution in [3.05, 3.63) is 89.5 Å². The van der Waals surface area contributed by atoms with Gasteiger partial charge in [0, 0.05) is 17.3 Å². The molecule has 4 rings (SSSR count). The maximum Gasteiger partial charge on any atom is 0.261 e. The summed E-state index contributed by atoms with van der Waals surface area (Å²) in [5.41, 5.74) is 3.90. The Morgan fingerprint density at radius 2 is 1.62 bits per heavy atom. The smallest absolute Gasteiger partial charge is 0.261 e. The molecule has 3 aromatic rings. The van der Waals surface area contributed by atoms with E-state index < -0.39 is 10.0 Å². The molecular weight excluding hydrogens is 384 g/mol. The molecule has 1 heterocycles. The lowest BCUT2D eigenvalue weighted by Crippen LogP contribution is -2.35. The minimum atomic E-state index is -3.73. The van der Waals surface area contributed by atoms with Gasteiger partial charge in [0.15, 0.2) is 0 Å². The van der Waals surface area contributed by atoms with Gasteiger partial charge in [-0.3, -0.25) is 9.52 Å². The molecule has 0 bridgehead atoms. The average molecular weight is 407 g/mol. The lowest BCUT2D eigenvalue weighted by Gasteiger charge is -2.23. The van der Waals surface area contributed by atoms with Crippen LogP contribution in [0.3, 0.4) is 0 Å². The Morgan fingerprint density at radius 3 is 2.34 bits per heavy atom. The minimum Gasteiger partial charge on any atom is -0.305 e. The van der Waals surface area contributed by atoms with Crippen LogP contribution >= 0.6 is 0 Å². The van der Waals surface area contributed by atoms with Crippen LogP contribution in [0.2, 0.25) is 0 Å². The summed E-state index contributed by atoms with van der Waals surface area (Å²) in [5, 5.41) is 0. The third kappa shape index (κ3) is 3.63. The third-order valence-electron chi connectivity index (χ3n) is 5.23. The molecule has 6 heteroatoms. The average Bonchev–Trinajstić information content (AvgIpc) is 3.05. The standard InChI is InChI=1S/C23H22N2O3S/c1-16-7-3-5-9-21(16)24-29(27,28)20-13-11-18(12-14-20)23(26)25-17(2)15-19-8-4-6-10-22(19)25/h3-14,17,24H,15H2,1-2H3. The van der Waals surface area contributed by atoms with Crippen molar-refractivity contribution in [1.29, 1.82) is 0 Å². The molecule has 1 aliphatic heterocycles. The van der Waals surface area contributed by atoms with Crippen molar-refractivity contribution in [3.63, 3.8) is 0 Å². The monoisotopic (exact) mass is 406 g/mol. The van der Waals surface area contributed by atoms with Crippen molar-refractivity contribution in [2.75, 3.05) is 9.62 Å². The van der Waals surface area contributed by atoms with Crippen molar-refractivity contribution in [3.8, 4) is 0 Å². The Morgan fingerprint density at radius 1 is 0.966 bits per heavy atom. The number of sulfonamides is 1. The summed E-state index contributed by atoms with van der Waals surface area (Å²) in [5.74, 6) is -0.127. The van der Waals surface area contributed by atoms with E-state index in [0.717, 1.165) is 23.2 Å². The first-order valence-corrected chi connectivity index (χ1v) is 10.9. The molecule has 1 unspecified atom stereocenters. The number of nitrogens with one attached hydrogen (secondary N) is 1. The highest BCUT2D eigenvalue weighted by atomic mass is 32.2. The first kappa shape index (κ1) is 19.2. The summed E-state index contributed by atoms with van der Waals surface area (Å²) < 4.78 is 28.0. The van der Waals surface area contributed by atoms with Crippen LogP contribution in [0.15, 0.2) is 77.7 Å². The molecule has 0 spiro atoms. The Labute approximate surface area is 171 Å². The van der Waals surface area contributed by atoms with E-state index in [-0.39, 0.29) is 16.8 Å². The van der Waals surface area contributed by atoms with E-state index in [9.17, 15) is 13.2 Å². The molecular formula is C23H22N2O3S. The van der Waals surface area contributed by atoms with Gasteiger partial charge < -0.3 is 4.90 Å². The number of benzene rings is 3. The second-order valence-electron chi connectivity index (χ2n) is 7.30. The molecule has 5 nitrogen and oxygen atoms in total. The highest BCUT2D eigenvalue weighted by molar-refractivity contribution is 7.92. The van der Waals surface area contributed by atoms with E-state index in [0.29, 0.717) is 11.3 Å². The number of hydrogen-bond acceptors (Lipinski definition) is 3. The van der Waals surface area contributed by atoms with Gasteiger partial charge in [0.25, 0.3) is 15.9 Å². The lowest BCUT2D eigenvalue weighted by atomic mass is 10.1. The van der Waals surface area contributed by atoms with Crippen LogP contribution in [0, 0.1) is 6.92 Å². The third-order valence-corrected chi connectivity index (χ3v) is 6.61. The Bertz CT molecular complexity index is 1170. The van der Waals surface area contributed by atoms with Gasteiger partial charge in [-0.2, -0.15) is 0 Å². The molecule has 0 saturated carbocycles. The van der Waals surface area contributed by atoms with E-state index >= 15 is 0 Å². The molecule has 1 atom stereocenters. The Balaban J connectivity index is 1.58. The molecule has 1 aliphatic rings. The van der Waals surface area contributed by atoms with Crippen molar-refractivity contribution >= 4 is 27.3 Å². The molecule has 148 valence electrons. The summed E-state index contributed by atoms with van der Waals surface area (Å²) in [6, 6.07) is 21.2. The van der Waals surface area contributed by atoms with Crippen LogP contribution in [-0.2, 0) is 16.4 Å². The molecule has 0 fully saturated rings. The summed E-state index contributed by atoms with van der Waals surface area (Å²) in [4.78, 5) is 15.0. The zero-order valence-corrected chi connectivity index (χ0v) is 17.1. The highest BCUT2D eigenvalue weighted by Crippen LogP contribution is 2.33. The first-order chi connectivity index (χ1) is 13.9. The summed E-state index contributed by atoms with van der Waals surface area (Å²) >= 11 is 0. The maximum atomic E-state index is 13.1. The van der Waals surface area contributed by atoms with Crippen LogP contribution in [-0.4, -0.2) is 20.4 Å². The predicted molar refractivity (Wildman–Crippen MR) is 115 cm³/mol. The fourth-order valence-electron chi connectivity index (χ4n) is 3.68. The van der Waals surface area contributed by atoms with E-state index in [2.05, 4.69) is 4.72 Å². The van der Waals surface area contributed by atoms with Gasteiger partial charge in [0.2, 0.25) is 0 Å². The summed E-state index contributed by atoms with van der Waals surface area (Å²) in [7, 11) is -3.73. The second-order valence-corrected chi connectivity index (χ2v) is 8.98. The molecule has 0 aromatic heterocycles. The summed E-state index contributed by atoms with van der Waals surface area (Å²) in [6.07, 6.45) is 0.814. The van der Waals surface area contributed by atoms with Crippen molar-refractivity contribution in [1.82, 2.24) is 0 Å². The number of hydrogen-bond donors (Lipinski definition) is 1. The lowest BCUT2D eigenvalue weighted by molar-refractivity contribution is 0.0981. The Hall–Kier alpha value is -3.12. The van der Waals surface area contributed by atoms with E-state index in [1.165, 1.54) is 12.1 Å². The zero-order valence-electron chi connectivity index (χ0n) is 16.3. The van der Waals surface area contributed by atoms with Crippen molar-refractivity contribution < 1.29 is 13.2 Å². The van der Waals surface area contributed by atoms with Crippen LogP contribution < -0.4 is 9.62 Å². The molecule has 0 radical (unpaired) electrons. The Kier molecular flexibility index (Phi) is 4.88. The normalized spacial score (nSPS) is 15.8. The fourth-order valence-corrected chi connectivity index (χ4v) is 4.81. The van der Waals surface area contributed by atoms with Gasteiger partial charge in [0.1, 0.15) is 0 Å². The quantitative estimate of drug-likeness (QED) is 0.699. The van der Waals surface area contributed by atoms with Crippen LogP contribution in [0.25, 0.3) is 0 Å². The number of para-hydroxylation sites is 2. The van der Waals surface area contributed by atoms with Gasteiger partial charge in [-0.25, -0.2) is 8.42 Å². The molecule has 3 aromatic carbocycles. The van der Waals surface area contributed by atoms with Gasteiger partial charge in [-0.15, -0.1) is 0 Å². The van der Waals surface area contributed by atoms with Crippen molar-refractivity contribution in [2.45, 2.75) is 31.2 Å². The van der Waals surface area contributed by atoms with Crippen LogP contribution in [0.4, 0.5) is 11.4 Å². The number of carbonyl (C=O) groups is 1. The number of rotatable bonds is 4. The number of carbonyl (C=O) groups excluding carboxylic acids is 1. The molecule has 1 amide bonds. The van der Waals surface area contributed by atoms with Crippen molar-refractivity contribution in [2.24, 2.45) is 0 Å². The first-order valence-electron chi connectivity index (χ1n) is 9.47. The van der Waals surface area contributed by atoms with Gasteiger partial charge in [-0.05, 0) is 67.8 Å². The topological polar surface area (TPSA) is 66.5 Å². The van der Waals surface area contributed by atoms with E-state index in [4.69, 9.17) is 0 Å². The number of anilines is 2. The molecule has 1 N–H and O–H groups in total. The minimum absolute atomic E-state index is 0.0611. The SMILES string of the molecule is Cc1ccccc1NS(=O)(=O)c1ccc(C(=O)N2c3ccccc3CC2C)cc1. The van der Waals surface area contributed by atoms with Gasteiger partial charge in [-0.1, -0.05) is 36.4 Å². The molecule has 0 aliphatic carbocycles. The fraction of sp³-hybridized carbons (Fsp3) is 0.174. The van der Waals surface area contributed by atoms with Gasteiger partial charge >= 0.3 is 0 Å². The van der Waals surface area contributed by atoms with Gasteiger partial charge in [0.05, 0.1) is 10.6 Å². The number of nitrogens with zero attached hydrogens (tertiary/aromatic N) is 1. The number of fused-ring (bicyclic) bond motifs is 1. The van der Waals surface area contributed by atoms with E-state index in [1.54, 1.807) is 29.2 Å². The molecule has 0 saturated heterocycles. The zero-order chi connectivity index (χ0) is 20.6. The number of aryl methyl sites for hydroxylation is 1. The largest absolute Gasteiger partial charge is 0.305 e. The predicted octanol–water partition coefficient (Wildman–Crippen LogP) is 4.39. The highest BCUT2D eigenvalue weighted by Gasteiger charge is 2.31.